The van der Waals surface area contributed by atoms with Gasteiger partial charge < -0.3 is 9.47 Å². The molecule has 1 aromatic rings. The van der Waals surface area contributed by atoms with Gasteiger partial charge in [-0.15, -0.1) is 11.3 Å². The molecule has 0 N–H and O–H groups in total. The number of hydrogen-bond acceptors (Lipinski definition) is 5. The second-order valence-corrected chi connectivity index (χ2v) is 4.43. The zero-order chi connectivity index (χ0) is 10.7. The second kappa shape index (κ2) is 4.72. The Morgan fingerprint density at radius 2 is 2.67 bits per heavy atom. The van der Waals surface area contributed by atoms with Crippen LogP contribution in [0.4, 0.5) is 0 Å². The van der Waals surface area contributed by atoms with Crippen LogP contribution in [0.25, 0.3) is 0 Å². The van der Waals surface area contributed by atoms with Gasteiger partial charge in [0.15, 0.2) is 6.10 Å². The summed E-state index contributed by atoms with van der Waals surface area (Å²) in [4.78, 5) is 15.7. The van der Waals surface area contributed by atoms with Crippen LogP contribution in [0.1, 0.15) is 23.5 Å². The highest BCUT2D eigenvalue weighted by molar-refractivity contribution is 7.09. The average Bonchev–Trinajstić information content (AvgIpc) is 2.84. The van der Waals surface area contributed by atoms with E-state index in [1.165, 1.54) is 11.3 Å². The third-order valence-corrected chi connectivity index (χ3v) is 3.14. The van der Waals surface area contributed by atoms with Crippen molar-refractivity contribution >= 4 is 17.3 Å². The van der Waals surface area contributed by atoms with Crippen molar-refractivity contribution in [3.05, 3.63) is 16.1 Å². The molecular formula is C10H13NO3S. The largest absolute Gasteiger partial charge is 0.456 e. The van der Waals surface area contributed by atoms with E-state index < -0.39 is 0 Å². The SMILES string of the molecule is Cc1csc(COC(=O)[C@H]2CCCO2)n1. The number of aryl methyl sites for hydroxylation is 1. The lowest BCUT2D eigenvalue weighted by atomic mass is 10.2. The molecule has 82 valence electrons. The van der Waals surface area contributed by atoms with E-state index in [4.69, 9.17) is 9.47 Å². The third-order valence-electron chi connectivity index (χ3n) is 2.20. The molecular weight excluding hydrogens is 214 g/mol. The summed E-state index contributed by atoms with van der Waals surface area (Å²) in [6.45, 7) is 2.84. The first-order valence-corrected chi connectivity index (χ1v) is 5.83. The molecule has 2 rings (SSSR count). The summed E-state index contributed by atoms with van der Waals surface area (Å²) in [5.41, 5.74) is 0.961. The van der Waals surface area contributed by atoms with Crippen molar-refractivity contribution in [3.63, 3.8) is 0 Å². The Hall–Kier alpha value is -0.940. The van der Waals surface area contributed by atoms with Gasteiger partial charge in [-0.05, 0) is 19.8 Å². The van der Waals surface area contributed by atoms with Crippen LogP contribution in [-0.4, -0.2) is 23.7 Å². The summed E-state index contributed by atoms with van der Waals surface area (Å²) in [6, 6.07) is 0. The van der Waals surface area contributed by atoms with Gasteiger partial charge >= 0.3 is 5.97 Å². The van der Waals surface area contributed by atoms with Crippen LogP contribution in [0.3, 0.4) is 0 Å². The molecule has 1 aromatic heterocycles. The minimum absolute atomic E-state index is 0.261. The lowest BCUT2D eigenvalue weighted by molar-refractivity contribution is -0.155. The third kappa shape index (κ3) is 2.76. The van der Waals surface area contributed by atoms with Crippen molar-refractivity contribution in [2.45, 2.75) is 32.5 Å². The summed E-state index contributed by atoms with van der Waals surface area (Å²) in [5.74, 6) is -0.264. The number of esters is 1. The molecule has 1 fully saturated rings. The van der Waals surface area contributed by atoms with Crippen LogP contribution in [0.5, 0.6) is 0 Å². The zero-order valence-corrected chi connectivity index (χ0v) is 9.38. The predicted molar refractivity (Wildman–Crippen MR) is 55.6 cm³/mol. The van der Waals surface area contributed by atoms with Crippen molar-refractivity contribution in [2.75, 3.05) is 6.61 Å². The Morgan fingerprint density at radius 1 is 1.80 bits per heavy atom. The topological polar surface area (TPSA) is 48.4 Å². The molecule has 0 aromatic carbocycles. The number of carbonyl (C=O) groups excluding carboxylic acids is 1. The van der Waals surface area contributed by atoms with Gasteiger partial charge in [0.2, 0.25) is 0 Å². The fourth-order valence-corrected chi connectivity index (χ4v) is 2.14. The highest BCUT2D eigenvalue weighted by atomic mass is 32.1. The normalized spacial score (nSPS) is 20.5. The van der Waals surface area contributed by atoms with Gasteiger partial charge in [0.05, 0.1) is 0 Å². The van der Waals surface area contributed by atoms with Crippen LogP contribution in [0, 0.1) is 6.92 Å². The maximum absolute atomic E-state index is 11.5. The van der Waals surface area contributed by atoms with E-state index in [1.54, 1.807) is 0 Å². The van der Waals surface area contributed by atoms with Gasteiger partial charge in [-0.25, -0.2) is 9.78 Å². The maximum Gasteiger partial charge on any atom is 0.335 e. The number of rotatable bonds is 3. The van der Waals surface area contributed by atoms with Crippen LogP contribution in [0.15, 0.2) is 5.38 Å². The molecule has 2 heterocycles. The van der Waals surface area contributed by atoms with E-state index in [1.807, 2.05) is 12.3 Å². The fraction of sp³-hybridized carbons (Fsp3) is 0.600. The van der Waals surface area contributed by atoms with Crippen molar-refractivity contribution in [2.24, 2.45) is 0 Å². The quantitative estimate of drug-likeness (QED) is 0.737. The smallest absolute Gasteiger partial charge is 0.335 e. The molecule has 5 heteroatoms. The first-order valence-electron chi connectivity index (χ1n) is 4.95. The minimum atomic E-state index is -0.356. The van der Waals surface area contributed by atoms with Crippen LogP contribution in [-0.2, 0) is 20.9 Å². The number of aromatic nitrogens is 1. The summed E-state index contributed by atoms with van der Waals surface area (Å²) in [7, 11) is 0. The molecule has 15 heavy (non-hydrogen) atoms. The fourth-order valence-electron chi connectivity index (χ4n) is 1.46. The van der Waals surface area contributed by atoms with E-state index >= 15 is 0 Å². The Kier molecular flexibility index (Phi) is 3.33. The molecule has 4 nitrogen and oxygen atoms in total. The molecule has 0 amide bonds. The number of nitrogens with zero attached hydrogens (tertiary/aromatic N) is 1. The Bertz CT molecular complexity index is 344. The molecule has 0 radical (unpaired) electrons. The molecule has 1 aliphatic heterocycles. The number of ether oxygens (including phenoxy) is 2. The van der Waals surface area contributed by atoms with Gasteiger partial charge in [-0.3, -0.25) is 0 Å². The van der Waals surface area contributed by atoms with E-state index in [9.17, 15) is 4.79 Å². The van der Waals surface area contributed by atoms with E-state index in [2.05, 4.69) is 4.98 Å². The van der Waals surface area contributed by atoms with Crippen molar-refractivity contribution in [1.29, 1.82) is 0 Å². The molecule has 0 aliphatic carbocycles. The molecule has 0 saturated carbocycles. The minimum Gasteiger partial charge on any atom is -0.456 e. The summed E-state index contributed by atoms with van der Waals surface area (Å²) in [5, 5.41) is 2.77. The monoisotopic (exact) mass is 227 g/mol. The van der Waals surface area contributed by atoms with Gasteiger partial charge in [0.25, 0.3) is 0 Å². The van der Waals surface area contributed by atoms with Gasteiger partial charge in [-0.1, -0.05) is 0 Å². The lowest BCUT2D eigenvalue weighted by Crippen LogP contribution is -2.21. The lowest BCUT2D eigenvalue weighted by Gasteiger charge is -2.07. The molecule has 1 saturated heterocycles. The zero-order valence-electron chi connectivity index (χ0n) is 8.56. The van der Waals surface area contributed by atoms with Gasteiger partial charge in [-0.2, -0.15) is 0 Å². The first-order chi connectivity index (χ1) is 7.25. The maximum atomic E-state index is 11.5. The molecule has 0 unspecified atom stereocenters. The summed E-state index contributed by atoms with van der Waals surface area (Å²) >= 11 is 1.50. The molecule has 0 spiro atoms. The van der Waals surface area contributed by atoms with Crippen LogP contribution < -0.4 is 0 Å². The van der Waals surface area contributed by atoms with E-state index in [0.717, 1.165) is 23.5 Å². The number of hydrogen-bond donors (Lipinski definition) is 0. The Balaban J connectivity index is 1.80. The van der Waals surface area contributed by atoms with Gasteiger partial charge in [0.1, 0.15) is 11.6 Å². The predicted octanol–water partition coefficient (Wildman–Crippen LogP) is 1.67. The van der Waals surface area contributed by atoms with Crippen LogP contribution >= 0.6 is 11.3 Å². The standard InChI is InChI=1S/C10H13NO3S/c1-7-6-15-9(11-7)5-14-10(12)8-3-2-4-13-8/h6,8H,2-5H2,1H3/t8-/m1/s1. The summed E-state index contributed by atoms with van der Waals surface area (Å²) < 4.78 is 10.3. The molecule has 1 atom stereocenters. The Labute approximate surface area is 92.2 Å². The Morgan fingerprint density at radius 3 is 3.27 bits per heavy atom. The van der Waals surface area contributed by atoms with E-state index in [-0.39, 0.29) is 18.7 Å². The highest BCUT2D eigenvalue weighted by Crippen LogP contribution is 2.15. The van der Waals surface area contributed by atoms with Crippen molar-refractivity contribution in [3.8, 4) is 0 Å². The summed E-state index contributed by atoms with van der Waals surface area (Å²) in [6.07, 6.45) is 1.36. The second-order valence-electron chi connectivity index (χ2n) is 3.49. The average molecular weight is 227 g/mol. The number of thiazole rings is 1. The number of carbonyl (C=O) groups is 1. The van der Waals surface area contributed by atoms with Crippen molar-refractivity contribution in [1.82, 2.24) is 4.98 Å². The molecule has 0 bridgehead atoms. The highest BCUT2D eigenvalue weighted by Gasteiger charge is 2.25. The first kappa shape index (κ1) is 10.6. The van der Waals surface area contributed by atoms with Gasteiger partial charge in [0, 0.05) is 17.7 Å². The molecule has 1 aliphatic rings. The van der Waals surface area contributed by atoms with Crippen molar-refractivity contribution < 1.29 is 14.3 Å². The van der Waals surface area contributed by atoms with Crippen LogP contribution in [0.2, 0.25) is 0 Å². The van der Waals surface area contributed by atoms with E-state index in [0.29, 0.717) is 6.61 Å².